The number of ether oxygens (including phenoxy) is 1. The molecule has 0 atom stereocenters. The number of nitrogens with one attached hydrogen (secondary N) is 1. The molecule has 11 heteroatoms. The van der Waals surface area contributed by atoms with Crippen molar-refractivity contribution in [1.29, 1.82) is 5.26 Å². The van der Waals surface area contributed by atoms with E-state index in [9.17, 15) is 14.9 Å². The lowest BCUT2D eigenvalue weighted by Crippen LogP contribution is -2.11. The molecule has 0 aliphatic heterocycles. The van der Waals surface area contributed by atoms with E-state index >= 15 is 0 Å². The maximum atomic E-state index is 12.4. The molecule has 3 aromatic heterocycles. The van der Waals surface area contributed by atoms with Crippen molar-refractivity contribution in [3.63, 3.8) is 0 Å². The average molecular weight is 562 g/mol. The highest BCUT2D eigenvalue weighted by molar-refractivity contribution is 7.23. The number of thiophene rings is 1. The number of anilines is 2. The molecule has 0 fully saturated rings. The number of benzene rings is 2. The van der Waals surface area contributed by atoms with Gasteiger partial charge < -0.3 is 21.5 Å². The van der Waals surface area contributed by atoms with Crippen LogP contribution in [0, 0.1) is 25.2 Å². The van der Waals surface area contributed by atoms with Gasteiger partial charge in [0, 0.05) is 45.2 Å². The van der Waals surface area contributed by atoms with Crippen molar-refractivity contribution in [3.8, 4) is 39.4 Å². The lowest BCUT2D eigenvalue weighted by molar-refractivity contribution is -0.111. The minimum atomic E-state index is -0.662. The lowest BCUT2D eigenvalue weighted by Gasteiger charge is -2.14. The summed E-state index contributed by atoms with van der Waals surface area (Å²) in [5, 5.41) is 13.4. The van der Waals surface area contributed by atoms with Crippen molar-refractivity contribution < 1.29 is 14.3 Å². The first-order chi connectivity index (χ1) is 19.7. The standard InChI is InChI=1S/C30H23N7O3S/c1-4-23(38)37-21-11-15(2)5-7-19(21)26-24(25-27(41-26)20(29(33)39)14-35-28(25)32)17-6-8-22(18(12-17)13-31)40-30-34-10-9-16(3)36-30/h4-12,14H,1H2,2-3H3,(H2,32,35)(H2,33,39)(H,37,38). The van der Waals surface area contributed by atoms with Gasteiger partial charge in [0.2, 0.25) is 5.91 Å². The summed E-state index contributed by atoms with van der Waals surface area (Å²) in [5.74, 6) is -0.602. The highest BCUT2D eigenvalue weighted by Crippen LogP contribution is 2.50. The zero-order valence-electron chi connectivity index (χ0n) is 22.1. The van der Waals surface area contributed by atoms with Gasteiger partial charge in [0.1, 0.15) is 17.6 Å². The van der Waals surface area contributed by atoms with E-state index in [0.29, 0.717) is 43.0 Å². The van der Waals surface area contributed by atoms with Gasteiger partial charge in [-0.1, -0.05) is 24.8 Å². The summed E-state index contributed by atoms with van der Waals surface area (Å²) in [5.41, 5.74) is 16.6. The van der Waals surface area contributed by atoms with Crippen molar-refractivity contribution in [2.75, 3.05) is 11.1 Å². The summed E-state index contributed by atoms with van der Waals surface area (Å²) in [7, 11) is 0. The van der Waals surface area contributed by atoms with E-state index in [-0.39, 0.29) is 34.6 Å². The number of rotatable bonds is 7. The number of carbonyl (C=O) groups is 2. The number of hydrogen-bond donors (Lipinski definition) is 3. The van der Waals surface area contributed by atoms with Crippen molar-refractivity contribution >= 4 is 44.7 Å². The summed E-state index contributed by atoms with van der Waals surface area (Å²) in [6.45, 7) is 7.26. The fourth-order valence-corrected chi connectivity index (χ4v) is 5.73. The van der Waals surface area contributed by atoms with Crippen LogP contribution in [-0.2, 0) is 4.79 Å². The van der Waals surface area contributed by atoms with Gasteiger partial charge in [0.05, 0.1) is 15.8 Å². The van der Waals surface area contributed by atoms with Crippen LogP contribution in [0.3, 0.4) is 0 Å². The predicted octanol–water partition coefficient (Wildman–Crippen LogP) is 5.51. The maximum absolute atomic E-state index is 12.4. The third-order valence-corrected chi connectivity index (χ3v) is 7.49. The first-order valence-electron chi connectivity index (χ1n) is 12.3. The number of aryl methyl sites for hydroxylation is 2. The number of hydrogen-bond acceptors (Lipinski definition) is 9. The molecule has 2 aromatic carbocycles. The molecule has 0 aliphatic carbocycles. The van der Waals surface area contributed by atoms with Gasteiger partial charge in [-0.05, 0) is 55.3 Å². The van der Waals surface area contributed by atoms with Crippen LogP contribution in [0.4, 0.5) is 11.5 Å². The zero-order valence-corrected chi connectivity index (χ0v) is 22.9. The van der Waals surface area contributed by atoms with E-state index in [1.54, 1.807) is 30.5 Å². The fraction of sp³-hybridized carbons (Fsp3) is 0.0667. The monoisotopic (exact) mass is 561 g/mol. The lowest BCUT2D eigenvalue weighted by atomic mass is 9.95. The predicted molar refractivity (Wildman–Crippen MR) is 159 cm³/mol. The Hall–Kier alpha value is -5.60. The van der Waals surface area contributed by atoms with Gasteiger partial charge >= 0.3 is 6.01 Å². The molecule has 5 N–H and O–H groups in total. The second-order valence-corrected chi connectivity index (χ2v) is 10.1. The fourth-order valence-electron chi connectivity index (χ4n) is 4.34. The third-order valence-electron chi connectivity index (χ3n) is 6.23. The highest BCUT2D eigenvalue weighted by Gasteiger charge is 2.25. The van der Waals surface area contributed by atoms with Gasteiger partial charge in [0.15, 0.2) is 0 Å². The van der Waals surface area contributed by atoms with Crippen LogP contribution in [0.25, 0.3) is 31.7 Å². The van der Waals surface area contributed by atoms with Crippen molar-refractivity contribution in [1.82, 2.24) is 15.0 Å². The number of carbonyl (C=O) groups excluding carboxylic acids is 2. The molecule has 0 radical (unpaired) electrons. The van der Waals surface area contributed by atoms with Crippen LogP contribution in [0.2, 0.25) is 0 Å². The van der Waals surface area contributed by atoms with E-state index in [4.69, 9.17) is 16.2 Å². The molecule has 3 heterocycles. The summed E-state index contributed by atoms with van der Waals surface area (Å²) in [6.07, 6.45) is 4.10. The van der Waals surface area contributed by atoms with Gasteiger partial charge in [0.25, 0.3) is 5.91 Å². The van der Waals surface area contributed by atoms with Crippen molar-refractivity contribution in [3.05, 3.63) is 89.9 Å². The van der Waals surface area contributed by atoms with Crippen LogP contribution >= 0.6 is 11.3 Å². The minimum Gasteiger partial charge on any atom is -0.423 e. The minimum absolute atomic E-state index is 0.109. The Balaban J connectivity index is 1.78. The molecule has 10 nitrogen and oxygen atoms in total. The number of primary amides is 1. The molecular formula is C30H23N7O3S. The Morgan fingerprint density at radius 2 is 1.95 bits per heavy atom. The number of nitriles is 1. The normalized spacial score (nSPS) is 10.7. The van der Waals surface area contributed by atoms with Crippen LogP contribution in [0.15, 0.2) is 67.5 Å². The molecule has 0 saturated carbocycles. The molecule has 0 saturated heterocycles. The van der Waals surface area contributed by atoms with Gasteiger partial charge in [-0.3, -0.25) is 9.59 Å². The van der Waals surface area contributed by atoms with Gasteiger partial charge in [-0.15, -0.1) is 11.3 Å². The molecule has 41 heavy (non-hydrogen) atoms. The molecule has 5 aromatic rings. The van der Waals surface area contributed by atoms with Crippen LogP contribution < -0.4 is 21.5 Å². The molecular weight excluding hydrogens is 538 g/mol. The molecule has 5 rings (SSSR count). The Bertz CT molecular complexity index is 1920. The molecule has 0 aliphatic rings. The van der Waals surface area contributed by atoms with E-state index < -0.39 is 5.91 Å². The number of nitrogens with two attached hydrogens (primary N) is 2. The van der Waals surface area contributed by atoms with E-state index in [1.807, 2.05) is 32.0 Å². The first-order valence-corrected chi connectivity index (χ1v) is 13.1. The smallest absolute Gasteiger partial charge is 0.322 e. The molecule has 0 spiro atoms. The Kier molecular flexibility index (Phi) is 7.16. The largest absolute Gasteiger partial charge is 0.423 e. The SMILES string of the molecule is C=CC(=O)Nc1cc(C)ccc1-c1sc2c(C(N)=O)cnc(N)c2c1-c1ccc(Oc2nccc(C)n2)c(C#N)c1. The number of nitrogens with zero attached hydrogens (tertiary/aromatic N) is 4. The molecule has 202 valence electrons. The second-order valence-electron chi connectivity index (χ2n) is 9.08. The Morgan fingerprint density at radius 3 is 2.66 bits per heavy atom. The van der Waals surface area contributed by atoms with Gasteiger partial charge in [-0.2, -0.15) is 5.26 Å². The summed E-state index contributed by atoms with van der Waals surface area (Å²) < 4.78 is 6.35. The van der Waals surface area contributed by atoms with Crippen LogP contribution in [0.5, 0.6) is 11.8 Å². The van der Waals surface area contributed by atoms with E-state index in [0.717, 1.165) is 5.56 Å². The van der Waals surface area contributed by atoms with E-state index in [2.05, 4.69) is 32.9 Å². The molecule has 2 amide bonds. The third kappa shape index (κ3) is 5.19. The number of pyridine rings is 1. The number of nitrogen functional groups attached to an aromatic ring is 1. The van der Waals surface area contributed by atoms with Gasteiger partial charge in [-0.25, -0.2) is 15.0 Å². The number of aromatic nitrogens is 3. The quantitative estimate of drug-likeness (QED) is 0.218. The summed E-state index contributed by atoms with van der Waals surface area (Å²) >= 11 is 1.29. The van der Waals surface area contributed by atoms with Crippen molar-refractivity contribution in [2.24, 2.45) is 5.73 Å². The number of amides is 2. The summed E-state index contributed by atoms with van der Waals surface area (Å²) in [4.78, 5) is 38.0. The second kappa shape index (κ2) is 10.9. The zero-order chi connectivity index (χ0) is 29.3. The molecule has 0 unspecified atom stereocenters. The van der Waals surface area contributed by atoms with E-state index in [1.165, 1.54) is 23.6 Å². The Morgan fingerprint density at radius 1 is 1.15 bits per heavy atom. The average Bonchev–Trinajstić information content (AvgIpc) is 3.34. The highest BCUT2D eigenvalue weighted by atomic mass is 32.1. The van der Waals surface area contributed by atoms with Crippen molar-refractivity contribution in [2.45, 2.75) is 13.8 Å². The topological polar surface area (TPSA) is 170 Å². The summed E-state index contributed by atoms with van der Waals surface area (Å²) in [6, 6.07) is 14.7. The maximum Gasteiger partial charge on any atom is 0.322 e. The van der Waals surface area contributed by atoms with Crippen LogP contribution in [-0.4, -0.2) is 26.8 Å². The van der Waals surface area contributed by atoms with Crippen LogP contribution in [0.1, 0.15) is 27.2 Å². The number of fused-ring (bicyclic) bond motifs is 1. The Labute approximate surface area is 239 Å². The first kappa shape index (κ1) is 27.0. The molecule has 0 bridgehead atoms.